The van der Waals surface area contributed by atoms with Crippen molar-refractivity contribution in [1.82, 2.24) is 5.32 Å². The molecule has 1 aliphatic rings. The van der Waals surface area contributed by atoms with Gasteiger partial charge < -0.3 is 16.4 Å². The molecule has 0 aliphatic heterocycles. The summed E-state index contributed by atoms with van der Waals surface area (Å²) >= 11 is 0. The number of amides is 2. The highest BCUT2D eigenvalue weighted by molar-refractivity contribution is 5.96. The maximum atomic E-state index is 12.0. The van der Waals surface area contributed by atoms with Crippen LogP contribution in [0.4, 0.5) is 5.69 Å². The van der Waals surface area contributed by atoms with Gasteiger partial charge in [-0.1, -0.05) is 13.3 Å². The van der Waals surface area contributed by atoms with Crippen LogP contribution in [0.3, 0.4) is 0 Å². The van der Waals surface area contributed by atoms with Crippen LogP contribution in [0.15, 0.2) is 24.3 Å². The highest BCUT2D eigenvalue weighted by Crippen LogP contribution is 2.20. The highest BCUT2D eigenvalue weighted by atomic mass is 16.2. The molecule has 1 fully saturated rings. The second-order valence-electron chi connectivity index (χ2n) is 5.54. The Morgan fingerprint density at radius 3 is 2.48 bits per heavy atom. The molecule has 1 saturated carbocycles. The molecular weight excluding hydrogens is 266 g/mol. The van der Waals surface area contributed by atoms with Crippen molar-refractivity contribution < 1.29 is 9.59 Å². The van der Waals surface area contributed by atoms with Crippen molar-refractivity contribution in [3.63, 3.8) is 0 Å². The largest absolute Gasteiger partial charge is 0.349 e. The van der Waals surface area contributed by atoms with E-state index in [-0.39, 0.29) is 17.7 Å². The molecule has 4 N–H and O–H groups in total. The molecular formula is C16H23N3O2. The normalized spacial score (nSPS) is 15.3. The van der Waals surface area contributed by atoms with Gasteiger partial charge in [0.15, 0.2) is 0 Å². The molecule has 0 aromatic heterocycles. The lowest BCUT2D eigenvalue weighted by Crippen LogP contribution is -2.29. The Kier molecular flexibility index (Phi) is 5.33. The van der Waals surface area contributed by atoms with E-state index in [1.54, 1.807) is 24.3 Å². The molecule has 1 aromatic rings. The van der Waals surface area contributed by atoms with Crippen LogP contribution in [0, 0.1) is 5.92 Å². The Hall–Kier alpha value is -1.88. The predicted molar refractivity (Wildman–Crippen MR) is 83.0 cm³/mol. The molecule has 0 spiro atoms. The van der Waals surface area contributed by atoms with Gasteiger partial charge in [-0.3, -0.25) is 9.59 Å². The molecule has 0 bridgehead atoms. The number of carbonyl (C=O) groups excluding carboxylic acids is 2. The van der Waals surface area contributed by atoms with Crippen LogP contribution in [0.25, 0.3) is 0 Å². The predicted octanol–water partition coefficient (Wildman–Crippen LogP) is 1.89. The Balaban J connectivity index is 1.91. The molecule has 2 amide bonds. The summed E-state index contributed by atoms with van der Waals surface area (Å²) in [5, 5.41) is 5.78. The van der Waals surface area contributed by atoms with Gasteiger partial charge in [-0.2, -0.15) is 0 Å². The summed E-state index contributed by atoms with van der Waals surface area (Å²) in [6, 6.07) is 7.30. The van der Waals surface area contributed by atoms with Crippen molar-refractivity contribution in [3.8, 4) is 0 Å². The molecule has 1 aromatic carbocycles. The summed E-state index contributed by atoms with van der Waals surface area (Å²) in [6.07, 6.45) is 3.84. The van der Waals surface area contributed by atoms with E-state index in [4.69, 9.17) is 5.73 Å². The number of nitrogens with two attached hydrogens (primary N) is 1. The molecule has 1 aliphatic carbocycles. The van der Waals surface area contributed by atoms with Gasteiger partial charge in [-0.15, -0.1) is 0 Å². The molecule has 0 saturated heterocycles. The van der Waals surface area contributed by atoms with Crippen LogP contribution in [0.5, 0.6) is 0 Å². The molecule has 2 rings (SSSR count). The van der Waals surface area contributed by atoms with Gasteiger partial charge in [0.05, 0.1) is 5.92 Å². The molecule has 5 heteroatoms. The molecule has 5 nitrogen and oxygen atoms in total. The first kappa shape index (κ1) is 15.5. The standard InChI is InChI=1S/C16H23N3O2/c1-2-3-12(10-17)16(21)19-13-6-4-11(5-7-13)15(20)18-14-8-9-14/h4-7,12,14H,2-3,8-10,17H2,1H3,(H,18,20)(H,19,21). The summed E-state index contributed by atoms with van der Waals surface area (Å²) in [5.74, 6) is -0.274. The second kappa shape index (κ2) is 7.22. The first-order valence-electron chi connectivity index (χ1n) is 7.56. The van der Waals surface area contributed by atoms with E-state index in [9.17, 15) is 9.59 Å². The van der Waals surface area contributed by atoms with Crippen LogP contribution in [0.1, 0.15) is 43.0 Å². The number of carbonyl (C=O) groups is 2. The Bertz CT molecular complexity index is 495. The Labute approximate surface area is 125 Å². The van der Waals surface area contributed by atoms with Gasteiger partial charge in [0.2, 0.25) is 5.91 Å². The van der Waals surface area contributed by atoms with Gasteiger partial charge in [0.1, 0.15) is 0 Å². The van der Waals surface area contributed by atoms with Crippen LogP contribution in [-0.2, 0) is 4.79 Å². The average Bonchev–Trinajstić information content (AvgIpc) is 3.29. The SMILES string of the molecule is CCCC(CN)C(=O)Nc1ccc(C(=O)NC2CC2)cc1. The molecule has 1 atom stereocenters. The Morgan fingerprint density at radius 1 is 1.29 bits per heavy atom. The summed E-state index contributed by atoms with van der Waals surface area (Å²) in [7, 11) is 0. The van der Waals surface area contributed by atoms with Crippen LogP contribution < -0.4 is 16.4 Å². The van der Waals surface area contributed by atoms with Crippen LogP contribution >= 0.6 is 0 Å². The molecule has 0 heterocycles. The summed E-state index contributed by atoms with van der Waals surface area (Å²) in [4.78, 5) is 23.9. The van der Waals surface area contributed by atoms with Crippen molar-refractivity contribution in [2.24, 2.45) is 11.7 Å². The number of hydrogen-bond donors (Lipinski definition) is 3. The third kappa shape index (κ3) is 4.56. The number of benzene rings is 1. The zero-order valence-electron chi connectivity index (χ0n) is 12.4. The average molecular weight is 289 g/mol. The minimum Gasteiger partial charge on any atom is -0.349 e. The lowest BCUT2D eigenvalue weighted by molar-refractivity contribution is -0.119. The van der Waals surface area contributed by atoms with Crippen molar-refractivity contribution in [2.75, 3.05) is 11.9 Å². The van der Waals surface area contributed by atoms with Gasteiger partial charge in [0.25, 0.3) is 5.91 Å². The van der Waals surface area contributed by atoms with E-state index in [1.165, 1.54) is 0 Å². The fourth-order valence-electron chi connectivity index (χ4n) is 2.15. The highest BCUT2D eigenvalue weighted by Gasteiger charge is 2.23. The number of rotatable bonds is 7. The maximum Gasteiger partial charge on any atom is 0.251 e. The smallest absolute Gasteiger partial charge is 0.251 e. The molecule has 114 valence electrons. The van der Waals surface area contributed by atoms with E-state index in [2.05, 4.69) is 10.6 Å². The fraction of sp³-hybridized carbons (Fsp3) is 0.500. The van der Waals surface area contributed by atoms with E-state index >= 15 is 0 Å². The number of anilines is 1. The fourth-order valence-corrected chi connectivity index (χ4v) is 2.15. The van der Waals surface area contributed by atoms with Crippen molar-refractivity contribution >= 4 is 17.5 Å². The third-order valence-corrected chi connectivity index (χ3v) is 3.62. The first-order valence-corrected chi connectivity index (χ1v) is 7.56. The van der Waals surface area contributed by atoms with Gasteiger partial charge >= 0.3 is 0 Å². The van der Waals surface area contributed by atoms with E-state index in [0.29, 0.717) is 23.8 Å². The zero-order valence-corrected chi connectivity index (χ0v) is 12.4. The van der Waals surface area contributed by atoms with Gasteiger partial charge in [-0.25, -0.2) is 0 Å². The Morgan fingerprint density at radius 2 is 1.95 bits per heavy atom. The minimum atomic E-state index is -0.159. The van der Waals surface area contributed by atoms with Crippen LogP contribution in [0.2, 0.25) is 0 Å². The summed E-state index contributed by atoms with van der Waals surface area (Å²) in [6.45, 7) is 2.38. The zero-order chi connectivity index (χ0) is 15.2. The van der Waals surface area contributed by atoms with Crippen LogP contribution in [-0.4, -0.2) is 24.4 Å². The molecule has 21 heavy (non-hydrogen) atoms. The van der Waals surface area contributed by atoms with Crippen molar-refractivity contribution in [1.29, 1.82) is 0 Å². The summed E-state index contributed by atoms with van der Waals surface area (Å²) < 4.78 is 0. The lowest BCUT2D eigenvalue weighted by atomic mass is 10.0. The first-order chi connectivity index (χ1) is 10.1. The van der Waals surface area contributed by atoms with Gasteiger partial charge in [-0.05, 0) is 43.5 Å². The summed E-state index contributed by atoms with van der Waals surface area (Å²) in [5.41, 5.74) is 6.92. The van der Waals surface area contributed by atoms with E-state index in [1.807, 2.05) is 6.92 Å². The quantitative estimate of drug-likeness (QED) is 0.716. The molecule has 0 radical (unpaired) electrons. The monoisotopic (exact) mass is 289 g/mol. The number of hydrogen-bond acceptors (Lipinski definition) is 3. The third-order valence-electron chi connectivity index (χ3n) is 3.62. The lowest BCUT2D eigenvalue weighted by Gasteiger charge is -2.14. The van der Waals surface area contributed by atoms with Crippen molar-refractivity contribution in [2.45, 2.75) is 38.6 Å². The maximum absolute atomic E-state index is 12.0. The van der Waals surface area contributed by atoms with Crippen molar-refractivity contribution in [3.05, 3.63) is 29.8 Å². The van der Waals surface area contributed by atoms with E-state index in [0.717, 1.165) is 25.7 Å². The van der Waals surface area contributed by atoms with Gasteiger partial charge in [0, 0.05) is 23.8 Å². The topological polar surface area (TPSA) is 84.2 Å². The number of nitrogens with one attached hydrogen (secondary N) is 2. The van der Waals surface area contributed by atoms with E-state index < -0.39 is 0 Å². The second-order valence-corrected chi connectivity index (χ2v) is 5.54. The molecule has 1 unspecified atom stereocenters. The minimum absolute atomic E-state index is 0.0544.